The van der Waals surface area contributed by atoms with Gasteiger partial charge in [0.2, 0.25) is 11.8 Å². The van der Waals surface area contributed by atoms with Crippen LogP contribution < -0.4 is 10.6 Å². The van der Waals surface area contributed by atoms with E-state index in [1.54, 1.807) is 12.1 Å². The summed E-state index contributed by atoms with van der Waals surface area (Å²) in [6.07, 6.45) is 1.78. The van der Waals surface area contributed by atoms with Gasteiger partial charge in [0.25, 0.3) is 0 Å². The Morgan fingerprint density at radius 1 is 1.17 bits per heavy atom. The fourth-order valence-corrected chi connectivity index (χ4v) is 2.37. The van der Waals surface area contributed by atoms with Crippen LogP contribution in [-0.2, 0) is 16.0 Å². The van der Waals surface area contributed by atoms with Crippen LogP contribution in [0.5, 0.6) is 0 Å². The second-order valence-electron chi connectivity index (χ2n) is 5.29. The summed E-state index contributed by atoms with van der Waals surface area (Å²) in [6.45, 7) is 3.84. The van der Waals surface area contributed by atoms with Gasteiger partial charge in [-0.05, 0) is 37.1 Å². The lowest BCUT2D eigenvalue weighted by Crippen LogP contribution is -2.45. The molecule has 5 nitrogen and oxygen atoms in total. The Bertz CT molecular complexity index is 663. The van der Waals surface area contributed by atoms with Crippen molar-refractivity contribution in [3.63, 3.8) is 0 Å². The van der Waals surface area contributed by atoms with Crippen molar-refractivity contribution >= 4 is 29.1 Å². The molecular weight excluding hydrogens is 316 g/mol. The molecule has 1 aromatic carbocycles. The second kappa shape index (κ2) is 7.83. The molecule has 1 aromatic heterocycles. The number of alkyl halides is 1. The van der Waals surface area contributed by atoms with Crippen molar-refractivity contribution in [1.82, 2.24) is 5.32 Å². The number of anilines is 1. The zero-order chi connectivity index (χ0) is 16.8. The molecule has 2 aromatic rings. The highest BCUT2D eigenvalue weighted by atomic mass is 35.5. The number of aryl methyl sites for hydroxylation is 2. The van der Waals surface area contributed by atoms with E-state index in [1.807, 2.05) is 32.0 Å². The van der Waals surface area contributed by atoms with Gasteiger partial charge in [-0.25, -0.2) is 0 Å². The van der Waals surface area contributed by atoms with Gasteiger partial charge in [-0.1, -0.05) is 18.2 Å². The van der Waals surface area contributed by atoms with Crippen LogP contribution in [-0.4, -0.2) is 23.7 Å². The summed E-state index contributed by atoms with van der Waals surface area (Å²) in [5, 5.41) is 5.50. The van der Waals surface area contributed by atoms with Gasteiger partial charge in [0, 0.05) is 12.1 Å². The first kappa shape index (κ1) is 17.1. The van der Waals surface area contributed by atoms with Crippen molar-refractivity contribution in [2.75, 3.05) is 11.2 Å². The number of amides is 2. The predicted octanol–water partition coefficient (Wildman–Crippen LogP) is 2.80. The normalized spacial score (nSPS) is 11.8. The topological polar surface area (TPSA) is 71.3 Å². The highest BCUT2D eigenvalue weighted by molar-refractivity contribution is 6.27. The molecule has 0 fully saturated rings. The minimum atomic E-state index is -0.758. The fraction of sp³-hybridized carbons (Fsp3) is 0.294. The van der Waals surface area contributed by atoms with E-state index in [2.05, 4.69) is 10.6 Å². The van der Waals surface area contributed by atoms with E-state index in [4.69, 9.17) is 16.0 Å². The molecule has 1 unspecified atom stereocenters. The Morgan fingerprint density at radius 3 is 2.43 bits per heavy atom. The molecule has 0 radical (unpaired) electrons. The maximum absolute atomic E-state index is 12.6. The summed E-state index contributed by atoms with van der Waals surface area (Å²) in [5.74, 6) is -0.301. The number of carbonyl (C=O) groups excluding carboxylic acids is 2. The zero-order valence-corrected chi connectivity index (χ0v) is 13.8. The molecule has 0 aliphatic rings. The molecule has 122 valence electrons. The van der Waals surface area contributed by atoms with Crippen molar-refractivity contribution in [1.29, 1.82) is 0 Å². The number of rotatable bonds is 6. The van der Waals surface area contributed by atoms with E-state index < -0.39 is 11.9 Å². The summed E-state index contributed by atoms with van der Waals surface area (Å²) in [7, 11) is 0. The van der Waals surface area contributed by atoms with E-state index in [-0.39, 0.29) is 18.2 Å². The molecule has 6 heteroatoms. The first-order valence-electron chi connectivity index (χ1n) is 7.26. The van der Waals surface area contributed by atoms with Crippen molar-refractivity contribution in [3.05, 3.63) is 53.5 Å². The number of hydrogen-bond donors (Lipinski definition) is 2. The number of furan rings is 1. The average Bonchev–Trinajstić information content (AvgIpc) is 3.03. The summed E-state index contributed by atoms with van der Waals surface area (Å²) in [4.78, 5) is 24.2. The maximum atomic E-state index is 12.6. The van der Waals surface area contributed by atoms with E-state index in [0.717, 1.165) is 16.8 Å². The Labute approximate surface area is 140 Å². The van der Waals surface area contributed by atoms with Gasteiger partial charge >= 0.3 is 0 Å². The third-order valence-electron chi connectivity index (χ3n) is 3.49. The Kier molecular flexibility index (Phi) is 5.82. The smallest absolute Gasteiger partial charge is 0.247 e. The van der Waals surface area contributed by atoms with E-state index in [0.29, 0.717) is 5.76 Å². The van der Waals surface area contributed by atoms with Crippen molar-refractivity contribution in [2.45, 2.75) is 26.3 Å². The minimum absolute atomic E-state index is 0.203. The van der Waals surface area contributed by atoms with Crippen LogP contribution in [0.25, 0.3) is 0 Å². The molecule has 0 aliphatic heterocycles. The molecule has 2 N–H and O–H groups in total. The SMILES string of the molecule is Cc1cccc(C)c1NC(=O)C(Cc1ccco1)NC(=O)CCl. The highest BCUT2D eigenvalue weighted by Gasteiger charge is 2.23. The second-order valence-corrected chi connectivity index (χ2v) is 5.56. The Hall–Kier alpha value is -2.27. The minimum Gasteiger partial charge on any atom is -0.469 e. The standard InChI is InChI=1S/C17H19ClN2O3/c1-11-5-3-6-12(2)16(11)20-17(22)14(19-15(21)10-18)9-13-7-4-8-23-13/h3-8,14H,9-10H2,1-2H3,(H,19,21)(H,20,22). The lowest BCUT2D eigenvalue weighted by molar-refractivity contribution is -0.125. The molecule has 2 amide bonds. The largest absolute Gasteiger partial charge is 0.469 e. The lowest BCUT2D eigenvalue weighted by Gasteiger charge is -2.19. The van der Waals surface area contributed by atoms with E-state index in [9.17, 15) is 9.59 Å². The lowest BCUT2D eigenvalue weighted by atomic mass is 10.1. The van der Waals surface area contributed by atoms with Gasteiger partial charge in [0.1, 0.15) is 17.7 Å². The first-order chi connectivity index (χ1) is 11.0. The molecule has 1 atom stereocenters. The molecule has 0 saturated carbocycles. The van der Waals surface area contributed by atoms with Crippen molar-refractivity contribution in [3.8, 4) is 0 Å². The van der Waals surface area contributed by atoms with E-state index >= 15 is 0 Å². The Balaban J connectivity index is 2.16. The summed E-state index contributed by atoms with van der Waals surface area (Å²) >= 11 is 5.53. The maximum Gasteiger partial charge on any atom is 0.247 e. The molecule has 1 heterocycles. The third kappa shape index (κ3) is 4.60. The monoisotopic (exact) mass is 334 g/mol. The number of halogens is 1. The van der Waals surface area contributed by atoms with Gasteiger partial charge in [0.05, 0.1) is 6.26 Å². The third-order valence-corrected chi connectivity index (χ3v) is 3.73. The van der Waals surface area contributed by atoms with Crippen molar-refractivity contribution < 1.29 is 14.0 Å². The van der Waals surface area contributed by atoms with Crippen LogP contribution >= 0.6 is 11.6 Å². The summed E-state index contributed by atoms with van der Waals surface area (Å²) < 4.78 is 5.26. The molecule has 0 saturated heterocycles. The number of hydrogen-bond acceptors (Lipinski definition) is 3. The number of benzene rings is 1. The van der Waals surface area contributed by atoms with Gasteiger partial charge in [0.15, 0.2) is 0 Å². The molecule has 0 aliphatic carbocycles. The van der Waals surface area contributed by atoms with Crippen LogP contribution in [0.1, 0.15) is 16.9 Å². The van der Waals surface area contributed by atoms with Crippen LogP contribution in [0.15, 0.2) is 41.0 Å². The number of carbonyl (C=O) groups is 2. The molecular formula is C17H19ClN2O3. The number of para-hydroxylation sites is 1. The molecule has 23 heavy (non-hydrogen) atoms. The van der Waals surface area contributed by atoms with Gasteiger partial charge < -0.3 is 15.1 Å². The molecule has 0 bridgehead atoms. The molecule has 0 spiro atoms. The fourth-order valence-electron chi connectivity index (χ4n) is 2.29. The van der Waals surface area contributed by atoms with Crippen LogP contribution in [0.2, 0.25) is 0 Å². The van der Waals surface area contributed by atoms with Crippen LogP contribution in [0.3, 0.4) is 0 Å². The highest BCUT2D eigenvalue weighted by Crippen LogP contribution is 2.20. The van der Waals surface area contributed by atoms with Gasteiger partial charge in [-0.15, -0.1) is 11.6 Å². The quantitative estimate of drug-likeness (QED) is 0.798. The van der Waals surface area contributed by atoms with Gasteiger partial charge in [-0.2, -0.15) is 0 Å². The Morgan fingerprint density at radius 2 is 1.87 bits per heavy atom. The summed E-state index contributed by atoms with van der Waals surface area (Å²) in [6, 6.07) is 8.50. The first-order valence-corrected chi connectivity index (χ1v) is 7.79. The van der Waals surface area contributed by atoms with Gasteiger partial charge in [-0.3, -0.25) is 9.59 Å². The summed E-state index contributed by atoms with van der Waals surface area (Å²) in [5.41, 5.74) is 2.67. The van der Waals surface area contributed by atoms with Crippen molar-refractivity contribution in [2.24, 2.45) is 0 Å². The predicted molar refractivity (Wildman–Crippen MR) is 89.6 cm³/mol. The zero-order valence-electron chi connectivity index (χ0n) is 13.1. The molecule has 2 rings (SSSR count). The van der Waals surface area contributed by atoms with Crippen LogP contribution in [0, 0.1) is 13.8 Å². The van der Waals surface area contributed by atoms with Crippen LogP contribution in [0.4, 0.5) is 5.69 Å². The van der Waals surface area contributed by atoms with E-state index in [1.165, 1.54) is 6.26 Å². The average molecular weight is 335 g/mol. The number of nitrogens with one attached hydrogen (secondary N) is 2.